The summed E-state index contributed by atoms with van der Waals surface area (Å²) in [7, 11) is 0. The van der Waals surface area contributed by atoms with Crippen LogP contribution in [0.3, 0.4) is 0 Å². The quantitative estimate of drug-likeness (QED) is 0.439. The summed E-state index contributed by atoms with van der Waals surface area (Å²) in [5.41, 5.74) is 0.661. The Morgan fingerprint density at radius 1 is 1.25 bits per heavy atom. The number of hydrogen-bond acceptors (Lipinski definition) is 10. The molecule has 4 atom stereocenters. The van der Waals surface area contributed by atoms with Crippen LogP contribution in [-0.2, 0) is 19.1 Å². The van der Waals surface area contributed by atoms with Crippen molar-refractivity contribution in [1.29, 1.82) is 5.26 Å². The molecule has 11 heteroatoms. The van der Waals surface area contributed by atoms with Gasteiger partial charge in [0.1, 0.15) is 12.0 Å². The maximum Gasteiger partial charge on any atom is 0.335 e. The number of rotatable bonds is 9. The van der Waals surface area contributed by atoms with Gasteiger partial charge in [-0.3, -0.25) is 4.79 Å². The highest BCUT2D eigenvalue weighted by atomic mass is 32.2. The number of hydrogen-bond donors (Lipinski definition) is 1. The molecule has 1 aromatic carbocycles. The molecular weight excluding hydrogens is 436 g/mol. The number of carbonyl (C=O) groups excluding carboxylic acids is 2. The summed E-state index contributed by atoms with van der Waals surface area (Å²) >= 11 is 1.05. The maximum atomic E-state index is 12.4. The van der Waals surface area contributed by atoms with Crippen molar-refractivity contribution < 1.29 is 28.2 Å². The SMILES string of the molecule is CCOC(=O)C1OC(NC(=O)CSc2nnc(-c3ccccc3OCC)o2)C(C#N)C1C. The molecule has 1 saturated heterocycles. The van der Waals surface area contributed by atoms with Crippen molar-refractivity contribution in [3.05, 3.63) is 24.3 Å². The summed E-state index contributed by atoms with van der Waals surface area (Å²) in [6.45, 7) is 5.99. The Balaban J connectivity index is 1.58. The van der Waals surface area contributed by atoms with Crippen LogP contribution in [0.25, 0.3) is 11.5 Å². The Morgan fingerprint density at radius 3 is 2.75 bits per heavy atom. The molecule has 0 saturated carbocycles. The summed E-state index contributed by atoms with van der Waals surface area (Å²) in [5, 5.41) is 20.3. The molecular formula is C21H24N4O6S. The normalized spacial score (nSPS) is 22.2. The van der Waals surface area contributed by atoms with Gasteiger partial charge in [0.05, 0.1) is 36.5 Å². The smallest absolute Gasteiger partial charge is 0.335 e. The molecule has 0 aliphatic carbocycles. The van der Waals surface area contributed by atoms with E-state index in [1.807, 2.05) is 19.1 Å². The lowest BCUT2D eigenvalue weighted by Gasteiger charge is -2.15. The predicted molar refractivity (Wildman–Crippen MR) is 113 cm³/mol. The lowest BCUT2D eigenvalue weighted by atomic mass is 9.92. The average Bonchev–Trinajstić information content (AvgIpc) is 3.37. The van der Waals surface area contributed by atoms with Gasteiger partial charge in [-0.2, -0.15) is 5.26 Å². The Labute approximate surface area is 189 Å². The molecule has 1 N–H and O–H groups in total. The minimum atomic E-state index is -0.908. The minimum Gasteiger partial charge on any atom is -0.493 e. The number of esters is 1. The van der Waals surface area contributed by atoms with Crippen molar-refractivity contribution >= 4 is 23.6 Å². The number of nitrogens with one attached hydrogen (secondary N) is 1. The second kappa shape index (κ2) is 11.0. The van der Waals surface area contributed by atoms with Crippen molar-refractivity contribution in [2.45, 2.75) is 38.3 Å². The molecule has 0 bridgehead atoms. The third-order valence-corrected chi connectivity index (χ3v) is 5.60. The second-order valence-corrected chi connectivity index (χ2v) is 7.83. The number of nitriles is 1. The highest BCUT2D eigenvalue weighted by Gasteiger charge is 2.47. The number of para-hydroxylation sites is 1. The summed E-state index contributed by atoms with van der Waals surface area (Å²) in [5.74, 6) is -1.16. The average molecular weight is 461 g/mol. The van der Waals surface area contributed by atoms with Crippen LogP contribution in [0.15, 0.2) is 33.9 Å². The molecule has 2 aromatic rings. The van der Waals surface area contributed by atoms with Crippen LogP contribution in [0.2, 0.25) is 0 Å². The van der Waals surface area contributed by atoms with Gasteiger partial charge in [-0.25, -0.2) is 4.79 Å². The zero-order valence-corrected chi connectivity index (χ0v) is 18.8. The number of thioether (sulfide) groups is 1. The molecule has 1 aliphatic heterocycles. The van der Waals surface area contributed by atoms with E-state index in [9.17, 15) is 14.9 Å². The van der Waals surface area contributed by atoms with Crippen LogP contribution < -0.4 is 10.1 Å². The van der Waals surface area contributed by atoms with Crippen molar-refractivity contribution in [1.82, 2.24) is 15.5 Å². The van der Waals surface area contributed by atoms with Gasteiger partial charge in [0, 0.05) is 5.92 Å². The van der Waals surface area contributed by atoms with Gasteiger partial charge in [-0.05, 0) is 26.0 Å². The van der Waals surface area contributed by atoms with Gasteiger partial charge in [0.15, 0.2) is 6.10 Å². The van der Waals surface area contributed by atoms with Crippen LogP contribution in [0.1, 0.15) is 20.8 Å². The number of nitrogens with zero attached hydrogens (tertiary/aromatic N) is 3. The Kier molecular flexibility index (Phi) is 8.08. The highest BCUT2D eigenvalue weighted by Crippen LogP contribution is 2.32. The van der Waals surface area contributed by atoms with Crippen LogP contribution in [0.5, 0.6) is 5.75 Å². The number of amides is 1. The van der Waals surface area contributed by atoms with Gasteiger partial charge >= 0.3 is 5.97 Å². The van der Waals surface area contributed by atoms with E-state index in [0.717, 1.165) is 11.8 Å². The zero-order chi connectivity index (χ0) is 23.1. The number of benzene rings is 1. The fourth-order valence-electron chi connectivity index (χ4n) is 3.26. The van der Waals surface area contributed by atoms with E-state index < -0.39 is 36.0 Å². The van der Waals surface area contributed by atoms with E-state index in [2.05, 4.69) is 21.6 Å². The van der Waals surface area contributed by atoms with Gasteiger partial charge < -0.3 is 23.9 Å². The molecule has 1 fully saturated rings. The van der Waals surface area contributed by atoms with E-state index in [4.69, 9.17) is 18.6 Å². The molecule has 10 nitrogen and oxygen atoms in total. The lowest BCUT2D eigenvalue weighted by molar-refractivity contribution is -0.158. The van der Waals surface area contributed by atoms with E-state index in [-0.39, 0.29) is 23.5 Å². The van der Waals surface area contributed by atoms with Crippen molar-refractivity contribution in [3.8, 4) is 23.3 Å². The molecule has 32 heavy (non-hydrogen) atoms. The minimum absolute atomic E-state index is 0.0365. The van der Waals surface area contributed by atoms with Crippen LogP contribution >= 0.6 is 11.8 Å². The van der Waals surface area contributed by atoms with Crippen molar-refractivity contribution in [2.75, 3.05) is 19.0 Å². The lowest BCUT2D eigenvalue weighted by Crippen LogP contribution is -2.40. The first-order chi connectivity index (χ1) is 15.5. The van der Waals surface area contributed by atoms with Gasteiger partial charge in [-0.15, -0.1) is 10.2 Å². The third-order valence-electron chi connectivity index (χ3n) is 4.79. The summed E-state index contributed by atoms with van der Waals surface area (Å²) in [4.78, 5) is 24.4. The largest absolute Gasteiger partial charge is 0.493 e. The van der Waals surface area contributed by atoms with Crippen LogP contribution in [-0.4, -0.2) is 53.4 Å². The van der Waals surface area contributed by atoms with Gasteiger partial charge in [-0.1, -0.05) is 30.8 Å². The number of ether oxygens (including phenoxy) is 3. The zero-order valence-electron chi connectivity index (χ0n) is 17.9. The first-order valence-electron chi connectivity index (χ1n) is 10.2. The fraction of sp³-hybridized carbons (Fsp3) is 0.476. The van der Waals surface area contributed by atoms with Crippen molar-refractivity contribution in [2.24, 2.45) is 11.8 Å². The summed E-state index contributed by atoms with van der Waals surface area (Å²) < 4.78 is 21.8. The molecule has 3 rings (SSSR count). The molecule has 1 amide bonds. The predicted octanol–water partition coefficient (Wildman–Crippen LogP) is 2.41. The standard InChI is InChI=1S/C21H24N4O6S/c1-4-28-15-9-7-6-8-13(15)19-24-25-21(31-19)32-11-16(26)23-18-14(10-22)12(3)17(30-18)20(27)29-5-2/h6-9,12,14,17-18H,4-5,11H2,1-3H3,(H,23,26). The Morgan fingerprint density at radius 2 is 2.03 bits per heavy atom. The second-order valence-electron chi connectivity index (χ2n) is 6.90. The fourth-order valence-corrected chi connectivity index (χ4v) is 3.84. The van der Waals surface area contributed by atoms with Gasteiger partial charge in [0.2, 0.25) is 5.91 Å². The van der Waals surface area contributed by atoms with E-state index in [1.165, 1.54) is 0 Å². The summed E-state index contributed by atoms with van der Waals surface area (Å²) in [6, 6.07) is 9.39. The Hall–Kier alpha value is -3.10. The number of carbonyl (C=O) groups is 2. The molecule has 0 spiro atoms. The van der Waals surface area contributed by atoms with Crippen molar-refractivity contribution in [3.63, 3.8) is 0 Å². The maximum absolute atomic E-state index is 12.4. The molecule has 0 radical (unpaired) electrons. The summed E-state index contributed by atoms with van der Waals surface area (Å²) in [6.07, 6.45) is -1.81. The van der Waals surface area contributed by atoms with E-state index >= 15 is 0 Å². The van der Waals surface area contributed by atoms with Crippen LogP contribution in [0.4, 0.5) is 0 Å². The molecule has 1 aromatic heterocycles. The molecule has 170 valence electrons. The monoisotopic (exact) mass is 460 g/mol. The molecule has 4 unspecified atom stereocenters. The van der Waals surface area contributed by atoms with E-state index in [1.54, 1.807) is 26.0 Å². The highest BCUT2D eigenvalue weighted by molar-refractivity contribution is 7.99. The van der Waals surface area contributed by atoms with E-state index in [0.29, 0.717) is 17.9 Å². The third kappa shape index (κ3) is 5.38. The van der Waals surface area contributed by atoms with Gasteiger partial charge in [0.25, 0.3) is 11.1 Å². The number of aromatic nitrogens is 2. The molecule has 2 heterocycles. The topological polar surface area (TPSA) is 137 Å². The molecule has 1 aliphatic rings. The first kappa shape index (κ1) is 23.6. The Bertz CT molecular complexity index is 991. The van der Waals surface area contributed by atoms with Crippen LogP contribution in [0, 0.1) is 23.2 Å². The first-order valence-corrected chi connectivity index (χ1v) is 11.2.